The van der Waals surface area contributed by atoms with Crippen LogP contribution in [0, 0.1) is 23.0 Å². The molecule has 0 aliphatic rings. The number of carboxylic acids is 1. The molecule has 0 aromatic heterocycles. The van der Waals surface area contributed by atoms with E-state index in [4.69, 9.17) is 5.11 Å². The highest BCUT2D eigenvalue weighted by Gasteiger charge is 2.31. The first kappa shape index (κ1) is 17.1. The van der Waals surface area contributed by atoms with Crippen LogP contribution in [0.3, 0.4) is 0 Å². The average molecular weight is 299 g/mol. The second kappa shape index (κ2) is 6.20. The molecule has 0 saturated heterocycles. The molecule has 0 spiro atoms. The average Bonchev–Trinajstić information content (AvgIpc) is 2.37. The van der Waals surface area contributed by atoms with Crippen molar-refractivity contribution >= 4 is 17.6 Å². The van der Waals surface area contributed by atoms with Gasteiger partial charge in [-0.3, -0.25) is 9.59 Å². The number of aliphatic carboxylic acids is 1. The standard InChI is InChI=1S/C15H19F2NO3/c1-9(13(19)20)8-18(14(21)15(2,3)4)10-5-6-11(16)12(17)7-10/h5-7,9H,8H2,1-4H3,(H,19,20). The molecule has 1 aromatic rings. The van der Waals surface area contributed by atoms with E-state index < -0.39 is 28.9 Å². The minimum absolute atomic E-state index is 0.115. The van der Waals surface area contributed by atoms with E-state index in [-0.39, 0.29) is 18.1 Å². The van der Waals surface area contributed by atoms with Crippen LogP contribution in [0.1, 0.15) is 27.7 Å². The summed E-state index contributed by atoms with van der Waals surface area (Å²) in [6, 6.07) is 3.07. The Bertz CT molecular complexity index is 552. The maximum Gasteiger partial charge on any atom is 0.308 e. The summed E-state index contributed by atoms with van der Waals surface area (Å²) in [4.78, 5) is 24.6. The Balaban J connectivity index is 3.20. The van der Waals surface area contributed by atoms with Crippen molar-refractivity contribution in [2.24, 2.45) is 11.3 Å². The first-order valence-electron chi connectivity index (χ1n) is 6.54. The highest BCUT2D eigenvalue weighted by molar-refractivity contribution is 5.97. The van der Waals surface area contributed by atoms with Gasteiger partial charge in [-0.15, -0.1) is 0 Å². The molecule has 1 rings (SSSR count). The van der Waals surface area contributed by atoms with E-state index >= 15 is 0 Å². The highest BCUT2D eigenvalue weighted by atomic mass is 19.2. The lowest BCUT2D eigenvalue weighted by atomic mass is 9.93. The molecule has 0 aliphatic heterocycles. The Morgan fingerprint density at radius 3 is 2.24 bits per heavy atom. The van der Waals surface area contributed by atoms with Crippen molar-refractivity contribution < 1.29 is 23.5 Å². The smallest absolute Gasteiger partial charge is 0.308 e. The van der Waals surface area contributed by atoms with Crippen LogP contribution in [0.4, 0.5) is 14.5 Å². The van der Waals surface area contributed by atoms with Gasteiger partial charge in [0.25, 0.3) is 0 Å². The number of rotatable bonds is 4. The number of hydrogen-bond acceptors (Lipinski definition) is 2. The molecule has 0 aliphatic carbocycles. The van der Waals surface area contributed by atoms with Gasteiger partial charge in [-0.2, -0.15) is 0 Å². The zero-order valence-corrected chi connectivity index (χ0v) is 12.5. The van der Waals surface area contributed by atoms with E-state index in [1.54, 1.807) is 20.8 Å². The molecule has 1 unspecified atom stereocenters. The van der Waals surface area contributed by atoms with Crippen molar-refractivity contribution in [2.45, 2.75) is 27.7 Å². The van der Waals surface area contributed by atoms with Crippen LogP contribution in [0.2, 0.25) is 0 Å². The SMILES string of the molecule is CC(CN(C(=O)C(C)(C)C)c1ccc(F)c(F)c1)C(=O)O. The quantitative estimate of drug-likeness (QED) is 0.929. The largest absolute Gasteiger partial charge is 0.481 e. The fraction of sp³-hybridized carbons (Fsp3) is 0.467. The fourth-order valence-electron chi connectivity index (χ4n) is 1.72. The fourth-order valence-corrected chi connectivity index (χ4v) is 1.72. The van der Waals surface area contributed by atoms with Crippen LogP contribution in [-0.4, -0.2) is 23.5 Å². The summed E-state index contributed by atoms with van der Waals surface area (Å²) in [7, 11) is 0. The van der Waals surface area contributed by atoms with Gasteiger partial charge >= 0.3 is 5.97 Å². The number of nitrogens with zero attached hydrogens (tertiary/aromatic N) is 1. The monoisotopic (exact) mass is 299 g/mol. The second-order valence-electron chi connectivity index (χ2n) is 6.00. The maximum atomic E-state index is 13.4. The van der Waals surface area contributed by atoms with Crippen molar-refractivity contribution in [3.63, 3.8) is 0 Å². The summed E-state index contributed by atoms with van der Waals surface area (Å²) in [5.74, 6) is -4.36. The van der Waals surface area contributed by atoms with E-state index in [0.717, 1.165) is 12.1 Å². The van der Waals surface area contributed by atoms with Gasteiger partial charge < -0.3 is 10.0 Å². The van der Waals surface area contributed by atoms with E-state index in [1.165, 1.54) is 17.9 Å². The van der Waals surface area contributed by atoms with E-state index in [9.17, 15) is 18.4 Å². The highest BCUT2D eigenvalue weighted by Crippen LogP contribution is 2.25. The zero-order valence-electron chi connectivity index (χ0n) is 12.5. The summed E-state index contributed by atoms with van der Waals surface area (Å²) >= 11 is 0. The molecule has 6 heteroatoms. The summed E-state index contributed by atoms with van der Waals surface area (Å²) in [6.45, 7) is 6.36. The molecule has 1 atom stereocenters. The molecule has 116 valence electrons. The third kappa shape index (κ3) is 4.24. The van der Waals surface area contributed by atoms with Gasteiger partial charge in [0.2, 0.25) is 5.91 Å². The van der Waals surface area contributed by atoms with E-state index in [0.29, 0.717) is 0 Å². The van der Waals surface area contributed by atoms with E-state index in [1.807, 2.05) is 0 Å². The van der Waals surface area contributed by atoms with Crippen LogP contribution < -0.4 is 4.90 Å². The molecule has 1 N–H and O–H groups in total. The molecule has 4 nitrogen and oxygen atoms in total. The number of anilines is 1. The lowest BCUT2D eigenvalue weighted by Crippen LogP contribution is -2.43. The van der Waals surface area contributed by atoms with Crippen molar-refractivity contribution in [1.82, 2.24) is 0 Å². The summed E-state index contributed by atoms with van der Waals surface area (Å²) in [5.41, 5.74) is -0.634. The van der Waals surface area contributed by atoms with Gasteiger partial charge in [0, 0.05) is 23.7 Å². The van der Waals surface area contributed by atoms with Crippen LogP contribution in [0.5, 0.6) is 0 Å². The number of amides is 1. The van der Waals surface area contributed by atoms with Crippen LogP contribution in [0.25, 0.3) is 0 Å². The molecule has 1 aromatic carbocycles. The van der Waals surface area contributed by atoms with Crippen LogP contribution in [0.15, 0.2) is 18.2 Å². The Kier molecular flexibility index (Phi) is 5.04. The van der Waals surface area contributed by atoms with E-state index in [2.05, 4.69) is 0 Å². The molecule has 0 radical (unpaired) electrons. The summed E-state index contributed by atoms with van der Waals surface area (Å²) < 4.78 is 26.4. The number of carboxylic acid groups (broad SMARTS) is 1. The first-order chi connectivity index (χ1) is 9.54. The number of carbonyl (C=O) groups excluding carboxylic acids is 1. The van der Waals surface area contributed by atoms with Crippen molar-refractivity contribution in [3.8, 4) is 0 Å². The molecule has 21 heavy (non-hydrogen) atoms. The van der Waals surface area contributed by atoms with Crippen LogP contribution >= 0.6 is 0 Å². The number of halogens is 2. The predicted molar refractivity (Wildman–Crippen MR) is 75.0 cm³/mol. The first-order valence-corrected chi connectivity index (χ1v) is 6.54. The number of benzene rings is 1. The summed E-state index contributed by atoms with van der Waals surface area (Å²) in [5, 5.41) is 8.99. The Morgan fingerprint density at radius 1 is 1.24 bits per heavy atom. The molecule has 0 heterocycles. The lowest BCUT2D eigenvalue weighted by Gasteiger charge is -2.30. The topological polar surface area (TPSA) is 57.6 Å². The third-order valence-electron chi connectivity index (χ3n) is 2.98. The molecule has 0 fully saturated rings. The summed E-state index contributed by atoms with van der Waals surface area (Å²) in [6.07, 6.45) is 0. The van der Waals surface area contributed by atoms with Crippen molar-refractivity contribution in [1.29, 1.82) is 0 Å². The predicted octanol–water partition coefficient (Wildman–Crippen LogP) is 3.06. The molecule has 0 saturated carbocycles. The Labute approximate surface area is 122 Å². The number of carbonyl (C=O) groups is 2. The van der Waals surface area contributed by atoms with Gasteiger partial charge in [0.15, 0.2) is 11.6 Å². The molecular weight excluding hydrogens is 280 g/mol. The van der Waals surface area contributed by atoms with Gasteiger partial charge in [-0.25, -0.2) is 8.78 Å². The van der Waals surface area contributed by atoms with Gasteiger partial charge in [0.1, 0.15) is 0 Å². The Morgan fingerprint density at radius 2 is 1.81 bits per heavy atom. The van der Waals surface area contributed by atoms with Gasteiger partial charge in [-0.05, 0) is 12.1 Å². The minimum atomic E-state index is -1.08. The lowest BCUT2D eigenvalue weighted by molar-refractivity contribution is -0.140. The van der Waals surface area contributed by atoms with Crippen LogP contribution in [-0.2, 0) is 9.59 Å². The van der Waals surface area contributed by atoms with Crippen molar-refractivity contribution in [2.75, 3.05) is 11.4 Å². The van der Waals surface area contributed by atoms with Gasteiger partial charge in [0.05, 0.1) is 5.92 Å². The maximum absolute atomic E-state index is 13.4. The minimum Gasteiger partial charge on any atom is -0.481 e. The third-order valence-corrected chi connectivity index (χ3v) is 2.98. The zero-order chi connectivity index (χ0) is 16.4. The Hall–Kier alpha value is -1.98. The normalized spacial score (nSPS) is 12.9. The number of hydrogen-bond donors (Lipinski definition) is 1. The van der Waals surface area contributed by atoms with Crippen molar-refractivity contribution in [3.05, 3.63) is 29.8 Å². The van der Waals surface area contributed by atoms with Gasteiger partial charge in [-0.1, -0.05) is 27.7 Å². The molecule has 1 amide bonds. The molecular formula is C15H19F2NO3. The molecule has 0 bridgehead atoms. The second-order valence-corrected chi connectivity index (χ2v) is 6.00.